The molecule has 0 saturated heterocycles. The number of rotatable bonds is 4. The van der Waals surface area contributed by atoms with Crippen molar-refractivity contribution in [1.29, 1.82) is 0 Å². The van der Waals surface area contributed by atoms with E-state index in [1.165, 1.54) is 6.92 Å². The minimum Gasteiger partial charge on any atom is -0.449 e. The summed E-state index contributed by atoms with van der Waals surface area (Å²) >= 11 is 5.79. The van der Waals surface area contributed by atoms with E-state index in [4.69, 9.17) is 16.3 Å². The number of benzene rings is 3. The topological polar surface area (TPSA) is 55.4 Å². The third-order valence-corrected chi connectivity index (χ3v) is 4.03. The van der Waals surface area contributed by atoms with Crippen LogP contribution in [0.25, 0.3) is 10.8 Å². The first-order chi connectivity index (χ1) is 12.0. The van der Waals surface area contributed by atoms with E-state index < -0.39 is 18.0 Å². The smallest absolute Gasteiger partial charge is 0.338 e. The number of fused-ring (bicyclic) bond motifs is 1. The maximum Gasteiger partial charge on any atom is 0.338 e. The fourth-order valence-corrected chi connectivity index (χ4v) is 2.56. The predicted molar refractivity (Wildman–Crippen MR) is 98.9 cm³/mol. The molecule has 3 aromatic rings. The average Bonchev–Trinajstić information content (AvgIpc) is 2.62. The molecule has 25 heavy (non-hydrogen) atoms. The maximum absolute atomic E-state index is 12.4. The third kappa shape index (κ3) is 3.98. The molecule has 0 aromatic heterocycles. The zero-order valence-corrected chi connectivity index (χ0v) is 14.3. The molecule has 0 aliphatic rings. The van der Waals surface area contributed by atoms with Gasteiger partial charge in [-0.15, -0.1) is 0 Å². The molecule has 3 aromatic carbocycles. The van der Waals surface area contributed by atoms with Crippen molar-refractivity contribution < 1.29 is 14.3 Å². The molecular weight excluding hydrogens is 338 g/mol. The van der Waals surface area contributed by atoms with Crippen molar-refractivity contribution in [2.75, 3.05) is 5.32 Å². The van der Waals surface area contributed by atoms with Crippen LogP contribution in [0.5, 0.6) is 0 Å². The van der Waals surface area contributed by atoms with Gasteiger partial charge in [0, 0.05) is 16.1 Å². The molecule has 126 valence electrons. The number of anilines is 1. The van der Waals surface area contributed by atoms with Gasteiger partial charge in [0.1, 0.15) is 0 Å². The summed E-state index contributed by atoms with van der Waals surface area (Å²) in [5.41, 5.74) is 1.02. The van der Waals surface area contributed by atoms with Crippen molar-refractivity contribution in [3.8, 4) is 0 Å². The molecule has 0 aliphatic heterocycles. The molecule has 5 heteroatoms. The number of ether oxygens (including phenoxy) is 1. The Kier molecular flexibility index (Phi) is 5.00. The Bertz CT molecular complexity index is 916. The minimum atomic E-state index is -0.929. The van der Waals surface area contributed by atoms with Gasteiger partial charge in [0.15, 0.2) is 6.10 Å². The predicted octanol–water partition coefficient (Wildman–Crippen LogP) is 4.68. The van der Waals surface area contributed by atoms with Gasteiger partial charge < -0.3 is 10.1 Å². The normalized spacial score (nSPS) is 11.8. The molecule has 0 aliphatic carbocycles. The van der Waals surface area contributed by atoms with Gasteiger partial charge in [-0.3, -0.25) is 4.79 Å². The van der Waals surface area contributed by atoms with Crippen LogP contribution < -0.4 is 5.32 Å². The van der Waals surface area contributed by atoms with E-state index in [0.717, 1.165) is 10.8 Å². The summed E-state index contributed by atoms with van der Waals surface area (Å²) in [5.74, 6) is -0.962. The van der Waals surface area contributed by atoms with Gasteiger partial charge in [-0.25, -0.2) is 4.79 Å². The number of carbonyl (C=O) groups excluding carboxylic acids is 2. The Morgan fingerprint density at radius 1 is 0.960 bits per heavy atom. The second-order valence-corrected chi connectivity index (χ2v) is 6.01. The second-order valence-electron chi connectivity index (χ2n) is 5.57. The summed E-state index contributed by atoms with van der Waals surface area (Å²) in [4.78, 5) is 24.5. The number of hydrogen-bond donors (Lipinski definition) is 1. The quantitative estimate of drug-likeness (QED) is 0.693. The van der Waals surface area contributed by atoms with Gasteiger partial charge in [-0.2, -0.15) is 0 Å². The summed E-state index contributed by atoms with van der Waals surface area (Å²) in [6.07, 6.45) is -0.929. The van der Waals surface area contributed by atoms with Crippen LogP contribution in [0.15, 0.2) is 66.7 Å². The molecule has 0 unspecified atom stereocenters. The lowest BCUT2D eigenvalue weighted by Crippen LogP contribution is -2.30. The molecular formula is C20H16ClNO3. The minimum absolute atomic E-state index is 0.342. The molecule has 1 amide bonds. The SMILES string of the molecule is C[C@@H](OC(=O)c1ccc(Cl)cc1)C(=O)Nc1cccc2ccccc12. The van der Waals surface area contributed by atoms with Crippen molar-refractivity contribution >= 4 is 39.9 Å². The second kappa shape index (κ2) is 7.36. The number of carbonyl (C=O) groups is 2. The van der Waals surface area contributed by atoms with Crippen LogP contribution in [0.1, 0.15) is 17.3 Å². The average molecular weight is 354 g/mol. The summed E-state index contributed by atoms with van der Waals surface area (Å²) in [5, 5.41) is 5.28. The summed E-state index contributed by atoms with van der Waals surface area (Å²) in [6, 6.07) is 19.7. The molecule has 0 spiro atoms. The Morgan fingerprint density at radius 3 is 2.40 bits per heavy atom. The number of nitrogens with one attached hydrogen (secondary N) is 1. The highest BCUT2D eigenvalue weighted by Crippen LogP contribution is 2.23. The number of halogens is 1. The molecule has 1 atom stereocenters. The standard InChI is InChI=1S/C20H16ClNO3/c1-13(25-20(24)15-9-11-16(21)12-10-15)19(23)22-18-8-4-6-14-5-2-3-7-17(14)18/h2-13H,1H3,(H,22,23)/t13-/m1/s1. The molecule has 0 heterocycles. The Hall–Kier alpha value is -2.85. The van der Waals surface area contributed by atoms with Gasteiger partial charge >= 0.3 is 5.97 Å². The first-order valence-electron chi connectivity index (χ1n) is 7.80. The Labute approximate surface area is 150 Å². The fraction of sp³-hybridized carbons (Fsp3) is 0.100. The zero-order valence-electron chi connectivity index (χ0n) is 13.5. The van der Waals surface area contributed by atoms with E-state index >= 15 is 0 Å². The first-order valence-corrected chi connectivity index (χ1v) is 8.17. The van der Waals surface area contributed by atoms with Crippen LogP contribution in [0.3, 0.4) is 0 Å². The van der Waals surface area contributed by atoms with Crippen LogP contribution in [-0.4, -0.2) is 18.0 Å². The van der Waals surface area contributed by atoms with Crippen LogP contribution in [0.2, 0.25) is 5.02 Å². The van der Waals surface area contributed by atoms with Gasteiger partial charge in [0.25, 0.3) is 5.91 Å². The fourth-order valence-electron chi connectivity index (χ4n) is 2.44. The van der Waals surface area contributed by atoms with Gasteiger partial charge in [0.05, 0.1) is 5.56 Å². The molecule has 1 N–H and O–H groups in total. The van der Waals surface area contributed by atoms with Gasteiger partial charge in [-0.05, 0) is 42.6 Å². The highest BCUT2D eigenvalue weighted by molar-refractivity contribution is 6.30. The van der Waals surface area contributed by atoms with E-state index in [-0.39, 0.29) is 0 Å². The summed E-state index contributed by atoms with van der Waals surface area (Å²) in [7, 11) is 0. The largest absolute Gasteiger partial charge is 0.449 e. The highest BCUT2D eigenvalue weighted by atomic mass is 35.5. The number of hydrogen-bond acceptors (Lipinski definition) is 3. The van der Waals surface area contributed by atoms with Crippen molar-refractivity contribution in [3.05, 3.63) is 77.3 Å². The summed E-state index contributed by atoms with van der Waals surface area (Å²) < 4.78 is 5.23. The van der Waals surface area contributed by atoms with Gasteiger partial charge in [0.2, 0.25) is 0 Å². The van der Waals surface area contributed by atoms with Crippen molar-refractivity contribution in [2.24, 2.45) is 0 Å². The monoisotopic (exact) mass is 353 g/mol. The van der Waals surface area contributed by atoms with Crippen molar-refractivity contribution in [1.82, 2.24) is 0 Å². The van der Waals surface area contributed by atoms with Crippen LogP contribution >= 0.6 is 11.6 Å². The van der Waals surface area contributed by atoms with E-state index in [2.05, 4.69) is 5.32 Å². The lowest BCUT2D eigenvalue weighted by molar-refractivity contribution is -0.123. The Balaban J connectivity index is 1.70. The van der Waals surface area contributed by atoms with E-state index in [1.807, 2.05) is 42.5 Å². The Morgan fingerprint density at radius 2 is 1.64 bits per heavy atom. The molecule has 0 radical (unpaired) electrons. The van der Waals surface area contributed by atoms with Crippen LogP contribution in [0, 0.1) is 0 Å². The molecule has 4 nitrogen and oxygen atoms in total. The van der Waals surface area contributed by atoms with Crippen LogP contribution in [0.4, 0.5) is 5.69 Å². The molecule has 0 fully saturated rings. The highest BCUT2D eigenvalue weighted by Gasteiger charge is 2.19. The lowest BCUT2D eigenvalue weighted by Gasteiger charge is -2.14. The lowest BCUT2D eigenvalue weighted by atomic mass is 10.1. The molecule has 0 saturated carbocycles. The molecule has 3 rings (SSSR count). The van der Waals surface area contributed by atoms with Crippen LogP contribution in [-0.2, 0) is 9.53 Å². The first kappa shape index (κ1) is 17.0. The van der Waals surface area contributed by atoms with E-state index in [1.54, 1.807) is 24.3 Å². The van der Waals surface area contributed by atoms with E-state index in [9.17, 15) is 9.59 Å². The number of amides is 1. The third-order valence-electron chi connectivity index (χ3n) is 3.78. The molecule has 0 bridgehead atoms. The van der Waals surface area contributed by atoms with Gasteiger partial charge in [-0.1, -0.05) is 48.0 Å². The van der Waals surface area contributed by atoms with Crippen molar-refractivity contribution in [2.45, 2.75) is 13.0 Å². The number of esters is 1. The van der Waals surface area contributed by atoms with Crippen molar-refractivity contribution in [3.63, 3.8) is 0 Å². The zero-order chi connectivity index (χ0) is 17.8. The maximum atomic E-state index is 12.4. The van der Waals surface area contributed by atoms with E-state index in [0.29, 0.717) is 16.3 Å². The summed E-state index contributed by atoms with van der Waals surface area (Å²) in [6.45, 7) is 1.54.